The van der Waals surface area contributed by atoms with Crippen LogP contribution >= 0.6 is 0 Å². The molecule has 0 spiro atoms. The van der Waals surface area contributed by atoms with Crippen LogP contribution in [0.3, 0.4) is 0 Å². The lowest BCUT2D eigenvalue weighted by molar-refractivity contribution is 0.0917. The Kier molecular flexibility index (Phi) is 6.95. The van der Waals surface area contributed by atoms with Gasteiger partial charge in [-0.05, 0) is 12.1 Å². The summed E-state index contributed by atoms with van der Waals surface area (Å²) in [6.45, 7) is 2.31. The van der Waals surface area contributed by atoms with Gasteiger partial charge in [0.1, 0.15) is 10.7 Å². The molecule has 1 aromatic heterocycles. The summed E-state index contributed by atoms with van der Waals surface area (Å²) in [6.07, 6.45) is 1.43. The number of hydrogen-bond donors (Lipinski definition) is 1. The fourth-order valence-electron chi connectivity index (χ4n) is 3.19. The third kappa shape index (κ3) is 4.74. The fourth-order valence-corrected chi connectivity index (χ4v) is 4.67. The van der Waals surface area contributed by atoms with Crippen molar-refractivity contribution in [3.05, 3.63) is 42.1 Å². The van der Waals surface area contributed by atoms with Crippen LogP contribution in [-0.4, -0.2) is 77.0 Å². The first-order valence-corrected chi connectivity index (χ1v) is 10.8. The van der Waals surface area contributed by atoms with Crippen molar-refractivity contribution in [1.82, 2.24) is 14.5 Å². The van der Waals surface area contributed by atoms with Crippen molar-refractivity contribution in [3.63, 3.8) is 0 Å². The van der Waals surface area contributed by atoms with Crippen molar-refractivity contribution >= 4 is 15.9 Å². The second-order valence-electron chi connectivity index (χ2n) is 6.62. The molecule has 0 radical (unpaired) electrons. The summed E-state index contributed by atoms with van der Waals surface area (Å²) >= 11 is 0. The number of carbonyl (C=O) groups is 1. The Labute approximate surface area is 174 Å². The number of hydrogen-bond acceptors (Lipinski definition) is 7. The van der Waals surface area contributed by atoms with E-state index in [0.717, 1.165) is 12.1 Å². The van der Waals surface area contributed by atoms with E-state index in [1.165, 1.54) is 24.8 Å². The second kappa shape index (κ2) is 9.45. The first-order chi connectivity index (χ1) is 14.4. The van der Waals surface area contributed by atoms with Crippen LogP contribution in [0, 0.1) is 5.82 Å². The van der Waals surface area contributed by atoms with Crippen molar-refractivity contribution in [2.75, 3.05) is 53.5 Å². The lowest BCUT2D eigenvalue weighted by Gasteiger charge is -2.34. The summed E-state index contributed by atoms with van der Waals surface area (Å²) in [5, 5.41) is 2.75. The van der Waals surface area contributed by atoms with E-state index in [-0.39, 0.29) is 36.3 Å². The zero-order chi connectivity index (χ0) is 21.7. The Morgan fingerprint density at radius 1 is 1.17 bits per heavy atom. The number of nitrogens with one attached hydrogen (secondary N) is 1. The Bertz CT molecular complexity index is 972. The van der Waals surface area contributed by atoms with Crippen molar-refractivity contribution in [3.8, 4) is 11.5 Å². The van der Waals surface area contributed by atoms with Crippen LogP contribution in [0.15, 0.2) is 39.8 Å². The smallest absolute Gasteiger partial charge is 0.287 e. The van der Waals surface area contributed by atoms with Gasteiger partial charge in [0, 0.05) is 51.4 Å². The average molecular weight is 441 g/mol. The molecule has 11 heteroatoms. The number of nitrogens with zero attached hydrogens (tertiary/aromatic N) is 2. The van der Waals surface area contributed by atoms with E-state index in [0.29, 0.717) is 26.2 Å². The largest absolute Gasteiger partial charge is 0.493 e. The highest BCUT2D eigenvalue weighted by Gasteiger charge is 2.32. The van der Waals surface area contributed by atoms with Gasteiger partial charge in [-0.3, -0.25) is 9.69 Å². The van der Waals surface area contributed by atoms with Gasteiger partial charge in [-0.1, -0.05) is 0 Å². The highest BCUT2D eigenvalue weighted by atomic mass is 32.2. The number of carbonyl (C=O) groups excluding carboxylic acids is 1. The Morgan fingerprint density at radius 2 is 1.83 bits per heavy atom. The summed E-state index contributed by atoms with van der Waals surface area (Å²) < 4.78 is 56.7. The Morgan fingerprint density at radius 3 is 2.43 bits per heavy atom. The minimum absolute atomic E-state index is 0.121. The van der Waals surface area contributed by atoms with Crippen LogP contribution in [0.2, 0.25) is 0 Å². The van der Waals surface area contributed by atoms with Gasteiger partial charge >= 0.3 is 0 Å². The zero-order valence-electron chi connectivity index (χ0n) is 16.8. The molecule has 0 aliphatic carbocycles. The molecule has 1 amide bonds. The first-order valence-electron chi connectivity index (χ1n) is 9.32. The molecule has 1 aliphatic rings. The molecule has 0 atom stereocenters. The molecular weight excluding hydrogens is 417 g/mol. The molecule has 0 unspecified atom stereocenters. The van der Waals surface area contributed by atoms with Gasteiger partial charge in [0.05, 0.1) is 20.5 Å². The van der Waals surface area contributed by atoms with Gasteiger partial charge in [0.25, 0.3) is 5.91 Å². The van der Waals surface area contributed by atoms with Crippen LogP contribution in [0.1, 0.15) is 10.6 Å². The standard InChI is InChI=1S/C19H24FN3O6S/c1-27-16-12-14(20)18(13-17(16)28-2)30(25,26)23-9-7-22(8-10-23)6-5-21-19(24)15-4-3-11-29-15/h3-4,11-13H,5-10H2,1-2H3,(H,21,24). The van der Waals surface area contributed by atoms with E-state index < -0.39 is 20.7 Å². The molecule has 0 bridgehead atoms. The summed E-state index contributed by atoms with van der Waals surface area (Å²) in [5.41, 5.74) is 0. The molecular formula is C19H24FN3O6S. The van der Waals surface area contributed by atoms with E-state index in [9.17, 15) is 17.6 Å². The van der Waals surface area contributed by atoms with Crippen LogP contribution in [0.5, 0.6) is 11.5 Å². The Balaban J connectivity index is 1.57. The molecule has 1 fully saturated rings. The maximum Gasteiger partial charge on any atom is 0.287 e. The monoisotopic (exact) mass is 441 g/mol. The topological polar surface area (TPSA) is 101 Å². The number of ether oxygens (including phenoxy) is 2. The highest BCUT2D eigenvalue weighted by Crippen LogP contribution is 2.33. The predicted molar refractivity (Wildman–Crippen MR) is 106 cm³/mol. The van der Waals surface area contributed by atoms with Gasteiger partial charge in [-0.25, -0.2) is 12.8 Å². The van der Waals surface area contributed by atoms with Crippen LogP contribution in [-0.2, 0) is 10.0 Å². The lowest BCUT2D eigenvalue weighted by atomic mass is 10.3. The fraction of sp³-hybridized carbons (Fsp3) is 0.421. The van der Waals surface area contributed by atoms with Gasteiger partial charge in [-0.2, -0.15) is 4.31 Å². The first kappa shape index (κ1) is 22.1. The van der Waals surface area contributed by atoms with E-state index in [2.05, 4.69) is 5.32 Å². The van der Waals surface area contributed by atoms with E-state index in [1.807, 2.05) is 4.90 Å². The summed E-state index contributed by atoms with van der Waals surface area (Å²) in [7, 11) is -1.32. The number of piperazine rings is 1. The lowest BCUT2D eigenvalue weighted by Crippen LogP contribution is -2.50. The SMILES string of the molecule is COc1cc(F)c(S(=O)(=O)N2CCN(CCNC(=O)c3ccco3)CC2)cc1OC. The van der Waals surface area contributed by atoms with Crippen molar-refractivity contribution < 1.29 is 31.5 Å². The molecule has 2 aromatic rings. The number of furan rings is 1. The van der Waals surface area contributed by atoms with Crippen LogP contribution in [0.4, 0.5) is 4.39 Å². The number of benzene rings is 1. The highest BCUT2D eigenvalue weighted by molar-refractivity contribution is 7.89. The molecule has 2 heterocycles. The van der Waals surface area contributed by atoms with Gasteiger partial charge in [0.15, 0.2) is 17.3 Å². The number of amides is 1. The third-order valence-electron chi connectivity index (χ3n) is 4.85. The predicted octanol–water partition coefficient (Wildman–Crippen LogP) is 1.17. The zero-order valence-corrected chi connectivity index (χ0v) is 17.6. The second-order valence-corrected chi connectivity index (χ2v) is 8.52. The van der Waals surface area contributed by atoms with Crippen molar-refractivity contribution in [2.24, 2.45) is 0 Å². The molecule has 9 nitrogen and oxygen atoms in total. The van der Waals surface area contributed by atoms with Crippen LogP contribution < -0.4 is 14.8 Å². The van der Waals surface area contributed by atoms with E-state index in [1.54, 1.807) is 12.1 Å². The molecule has 30 heavy (non-hydrogen) atoms. The summed E-state index contributed by atoms with van der Waals surface area (Å²) in [4.78, 5) is 13.4. The van der Waals surface area contributed by atoms with Gasteiger partial charge in [-0.15, -0.1) is 0 Å². The maximum absolute atomic E-state index is 14.4. The minimum Gasteiger partial charge on any atom is -0.493 e. The molecule has 1 saturated heterocycles. The number of sulfonamides is 1. The van der Waals surface area contributed by atoms with Gasteiger partial charge in [0.2, 0.25) is 10.0 Å². The van der Waals surface area contributed by atoms with E-state index in [4.69, 9.17) is 13.9 Å². The molecule has 0 saturated carbocycles. The summed E-state index contributed by atoms with van der Waals surface area (Å²) in [5.74, 6) is -0.692. The molecule has 1 aromatic carbocycles. The van der Waals surface area contributed by atoms with E-state index >= 15 is 0 Å². The summed E-state index contributed by atoms with van der Waals surface area (Å²) in [6, 6.07) is 5.35. The quantitative estimate of drug-likeness (QED) is 0.656. The minimum atomic E-state index is -4.02. The van der Waals surface area contributed by atoms with Crippen LogP contribution in [0.25, 0.3) is 0 Å². The molecule has 164 valence electrons. The van der Waals surface area contributed by atoms with Gasteiger partial charge < -0.3 is 19.2 Å². The number of halogens is 1. The normalized spacial score (nSPS) is 15.7. The molecule has 3 rings (SSSR count). The molecule has 1 aliphatic heterocycles. The number of methoxy groups -OCH3 is 2. The average Bonchev–Trinajstić information content (AvgIpc) is 3.28. The van der Waals surface area contributed by atoms with Crippen molar-refractivity contribution in [1.29, 1.82) is 0 Å². The maximum atomic E-state index is 14.4. The molecule has 1 N–H and O–H groups in total. The van der Waals surface area contributed by atoms with Crippen molar-refractivity contribution in [2.45, 2.75) is 4.90 Å². The Hall–Kier alpha value is -2.63. The third-order valence-corrected chi connectivity index (χ3v) is 6.76. The number of rotatable bonds is 8.